The van der Waals surface area contributed by atoms with Gasteiger partial charge >= 0.3 is 0 Å². The number of primary sulfonamides is 1. The minimum atomic E-state index is -3.73. The second-order valence-electron chi connectivity index (χ2n) is 4.60. The van der Waals surface area contributed by atoms with Crippen LogP contribution in [-0.2, 0) is 10.0 Å². The Morgan fingerprint density at radius 3 is 2.15 bits per heavy atom. The second kappa shape index (κ2) is 4.74. The average Bonchev–Trinajstić information content (AvgIpc) is 2.46. The lowest BCUT2D eigenvalue weighted by atomic mass is 10.0. The molecule has 0 unspecified atom stereocenters. The van der Waals surface area contributed by atoms with Crippen LogP contribution in [-0.4, -0.2) is 8.42 Å². The van der Waals surface area contributed by atoms with Gasteiger partial charge in [-0.05, 0) is 28.5 Å². The largest absolute Gasteiger partial charge is 0.238 e. The quantitative estimate of drug-likeness (QED) is 0.785. The molecule has 20 heavy (non-hydrogen) atoms. The van der Waals surface area contributed by atoms with Gasteiger partial charge in [0, 0.05) is 5.56 Å². The van der Waals surface area contributed by atoms with Crippen LogP contribution in [0.2, 0.25) is 0 Å². The normalized spacial score (nSPS) is 11.7. The first-order chi connectivity index (χ1) is 9.55. The maximum absolute atomic E-state index is 11.7. The standard InChI is InChI=1S/C16H13NO2S/c17-20(18,19)16-8-4-3-7-15(16)14-10-9-12-5-1-2-6-13(12)11-14/h1-11H,(H2,17,18,19). The van der Waals surface area contributed by atoms with E-state index in [0.717, 1.165) is 16.3 Å². The van der Waals surface area contributed by atoms with Gasteiger partial charge in [0.25, 0.3) is 0 Å². The van der Waals surface area contributed by atoms with E-state index in [1.54, 1.807) is 18.2 Å². The van der Waals surface area contributed by atoms with Crippen molar-refractivity contribution in [2.75, 3.05) is 0 Å². The van der Waals surface area contributed by atoms with E-state index in [2.05, 4.69) is 0 Å². The Labute approximate surface area is 117 Å². The number of fused-ring (bicyclic) bond motifs is 1. The predicted octanol–water partition coefficient (Wildman–Crippen LogP) is 3.15. The smallest absolute Gasteiger partial charge is 0.225 e. The zero-order valence-electron chi connectivity index (χ0n) is 10.7. The van der Waals surface area contributed by atoms with E-state index in [1.807, 2.05) is 42.5 Å². The molecule has 3 aromatic carbocycles. The highest BCUT2D eigenvalue weighted by Crippen LogP contribution is 2.29. The minimum absolute atomic E-state index is 0.148. The number of benzene rings is 3. The molecule has 0 saturated carbocycles. The summed E-state index contributed by atoms with van der Waals surface area (Å²) in [5.41, 5.74) is 1.47. The summed E-state index contributed by atoms with van der Waals surface area (Å²) in [5.74, 6) is 0. The van der Waals surface area contributed by atoms with Crippen molar-refractivity contribution in [1.29, 1.82) is 0 Å². The van der Waals surface area contributed by atoms with E-state index >= 15 is 0 Å². The molecule has 3 nitrogen and oxygen atoms in total. The summed E-state index contributed by atoms with van der Waals surface area (Å²) in [7, 11) is -3.73. The Kier molecular flexibility index (Phi) is 3.04. The monoisotopic (exact) mass is 283 g/mol. The maximum atomic E-state index is 11.7. The molecule has 0 amide bonds. The number of hydrogen-bond acceptors (Lipinski definition) is 2. The van der Waals surface area contributed by atoms with Gasteiger partial charge in [-0.3, -0.25) is 0 Å². The van der Waals surface area contributed by atoms with Crippen LogP contribution in [0.3, 0.4) is 0 Å². The molecule has 3 rings (SSSR count). The Morgan fingerprint density at radius 1 is 0.750 bits per heavy atom. The van der Waals surface area contributed by atoms with Crippen LogP contribution >= 0.6 is 0 Å². The van der Waals surface area contributed by atoms with Crippen molar-refractivity contribution in [3.05, 3.63) is 66.7 Å². The third-order valence-corrected chi connectivity index (χ3v) is 4.22. The molecule has 100 valence electrons. The van der Waals surface area contributed by atoms with Gasteiger partial charge in [0.05, 0.1) is 4.90 Å². The molecule has 0 bridgehead atoms. The molecular weight excluding hydrogens is 270 g/mol. The Bertz CT molecular complexity index is 886. The molecule has 4 heteroatoms. The highest BCUT2D eigenvalue weighted by molar-refractivity contribution is 7.89. The van der Waals surface area contributed by atoms with E-state index in [0.29, 0.717) is 5.56 Å². The third kappa shape index (κ3) is 2.31. The van der Waals surface area contributed by atoms with Gasteiger partial charge in [0.15, 0.2) is 0 Å². The summed E-state index contributed by atoms with van der Waals surface area (Å²) in [5, 5.41) is 7.46. The Morgan fingerprint density at radius 2 is 1.40 bits per heavy atom. The number of nitrogens with two attached hydrogens (primary N) is 1. The van der Waals surface area contributed by atoms with E-state index in [1.165, 1.54) is 6.07 Å². The molecule has 2 N–H and O–H groups in total. The van der Waals surface area contributed by atoms with Crippen molar-refractivity contribution in [3.63, 3.8) is 0 Å². The van der Waals surface area contributed by atoms with Crippen molar-refractivity contribution in [2.45, 2.75) is 4.90 Å². The fourth-order valence-corrected chi connectivity index (χ4v) is 3.07. The SMILES string of the molecule is NS(=O)(=O)c1ccccc1-c1ccc2ccccc2c1. The van der Waals surface area contributed by atoms with Crippen LogP contribution in [0.5, 0.6) is 0 Å². The van der Waals surface area contributed by atoms with Crippen LogP contribution in [0.1, 0.15) is 0 Å². The van der Waals surface area contributed by atoms with Crippen LogP contribution in [0.25, 0.3) is 21.9 Å². The maximum Gasteiger partial charge on any atom is 0.238 e. The Hall–Kier alpha value is -2.17. The summed E-state index contributed by atoms with van der Waals surface area (Å²) in [4.78, 5) is 0.148. The summed E-state index contributed by atoms with van der Waals surface area (Å²) in [6, 6.07) is 20.6. The van der Waals surface area contributed by atoms with Gasteiger partial charge in [-0.25, -0.2) is 13.6 Å². The first-order valence-electron chi connectivity index (χ1n) is 6.17. The van der Waals surface area contributed by atoms with Crippen molar-refractivity contribution in [2.24, 2.45) is 5.14 Å². The lowest BCUT2D eigenvalue weighted by molar-refractivity contribution is 0.598. The lowest BCUT2D eigenvalue weighted by Crippen LogP contribution is -2.13. The van der Waals surface area contributed by atoms with E-state index in [9.17, 15) is 8.42 Å². The average molecular weight is 283 g/mol. The second-order valence-corrected chi connectivity index (χ2v) is 6.13. The van der Waals surface area contributed by atoms with Crippen molar-refractivity contribution in [1.82, 2.24) is 0 Å². The summed E-state index contributed by atoms with van der Waals surface area (Å²) >= 11 is 0. The van der Waals surface area contributed by atoms with Gasteiger partial charge in [0.2, 0.25) is 10.0 Å². The topological polar surface area (TPSA) is 60.2 Å². The molecule has 0 heterocycles. The summed E-state index contributed by atoms with van der Waals surface area (Å²) in [6.07, 6.45) is 0. The van der Waals surface area contributed by atoms with Gasteiger partial charge in [-0.1, -0.05) is 54.6 Å². The van der Waals surface area contributed by atoms with Crippen molar-refractivity contribution < 1.29 is 8.42 Å². The third-order valence-electron chi connectivity index (χ3n) is 3.25. The molecular formula is C16H13NO2S. The molecule has 3 aromatic rings. The van der Waals surface area contributed by atoms with Crippen LogP contribution < -0.4 is 5.14 Å². The number of sulfonamides is 1. The molecule has 0 aromatic heterocycles. The molecule has 0 spiro atoms. The van der Waals surface area contributed by atoms with Gasteiger partial charge in [-0.15, -0.1) is 0 Å². The number of hydrogen-bond donors (Lipinski definition) is 1. The zero-order valence-corrected chi connectivity index (χ0v) is 11.5. The van der Waals surface area contributed by atoms with E-state index < -0.39 is 10.0 Å². The van der Waals surface area contributed by atoms with Crippen LogP contribution in [0.4, 0.5) is 0 Å². The molecule has 0 fully saturated rings. The number of rotatable bonds is 2. The van der Waals surface area contributed by atoms with Gasteiger partial charge in [-0.2, -0.15) is 0 Å². The van der Waals surface area contributed by atoms with Gasteiger partial charge in [0.1, 0.15) is 0 Å². The first-order valence-corrected chi connectivity index (χ1v) is 7.71. The van der Waals surface area contributed by atoms with Crippen molar-refractivity contribution >= 4 is 20.8 Å². The summed E-state index contributed by atoms with van der Waals surface area (Å²) < 4.78 is 23.3. The fourth-order valence-electron chi connectivity index (χ4n) is 2.31. The molecule has 0 radical (unpaired) electrons. The summed E-state index contributed by atoms with van der Waals surface area (Å²) in [6.45, 7) is 0. The van der Waals surface area contributed by atoms with Crippen LogP contribution in [0, 0.1) is 0 Å². The van der Waals surface area contributed by atoms with Gasteiger partial charge < -0.3 is 0 Å². The molecule has 0 saturated heterocycles. The zero-order chi connectivity index (χ0) is 14.2. The fraction of sp³-hybridized carbons (Fsp3) is 0. The van der Waals surface area contributed by atoms with Crippen LogP contribution in [0.15, 0.2) is 71.6 Å². The highest BCUT2D eigenvalue weighted by Gasteiger charge is 2.14. The predicted molar refractivity (Wildman–Crippen MR) is 80.8 cm³/mol. The molecule has 0 aliphatic heterocycles. The van der Waals surface area contributed by atoms with E-state index in [4.69, 9.17) is 5.14 Å². The lowest BCUT2D eigenvalue weighted by Gasteiger charge is -2.08. The molecule has 0 aliphatic carbocycles. The van der Waals surface area contributed by atoms with E-state index in [-0.39, 0.29) is 4.90 Å². The minimum Gasteiger partial charge on any atom is -0.225 e. The molecule has 0 aliphatic rings. The highest BCUT2D eigenvalue weighted by atomic mass is 32.2. The van der Waals surface area contributed by atoms with Crippen molar-refractivity contribution in [3.8, 4) is 11.1 Å². The first kappa shape index (κ1) is 12.8. The molecule has 0 atom stereocenters. The Balaban J connectivity index is 2.26.